The lowest BCUT2D eigenvalue weighted by atomic mass is 10.4. The minimum atomic E-state index is -5.29. The molecule has 0 rings (SSSR count). The van der Waals surface area contributed by atoms with Crippen LogP contribution in [0.15, 0.2) is 0 Å². The average Bonchev–Trinajstić information content (AvgIpc) is 1.85. The third-order valence-corrected chi connectivity index (χ3v) is 0.598. The first-order chi connectivity index (χ1) is 4.89. The van der Waals surface area contributed by atoms with Crippen LogP contribution in [0.4, 0.5) is 13.2 Å². The van der Waals surface area contributed by atoms with Gasteiger partial charge in [0.25, 0.3) is 0 Å². The summed E-state index contributed by atoms with van der Waals surface area (Å²) in [6.07, 6.45) is -5.29. The molecule has 0 atom stereocenters. The summed E-state index contributed by atoms with van der Waals surface area (Å²) in [6, 6.07) is 0. The molecule has 0 heterocycles. The summed E-state index contributed by atoms with van der Waals surface area (Å²) in [6.45, 7) is -0.550. The number of rotatable bonds is 2. The fourth-order valence-electron chi connectivity index (χ4n) is 0.213. The molecular weight excluding hydrogens is 169 g/mol. The highest BCUT2D eigenvalue weighted by Gasteiger charge is 2.44. The van der Waals surface area contributed by atoms with Gasteiger partial charge in [-0.3, -0.25) is 9.59 Å². The number of Topliss-reactive ketones (excluding diaryl/α,β-unsaturated/α-hetero) is 1. The van der Waals surface area contributed by atoms with Gasteiger partial charge < -0.3 is 4.74 Å². The summed E-state index contributed by atoms with van der Waals surface area (Å²) >= 11 is 0. The normalized spacial score (nSPS) is 10.5. The standard InChI is InChI=1S/C4HF3O4/c5-4(6,7)2(9)3(10)11-1-8/h1H. The number of ketones is 1. The zero-order valence-electron chi connectivity index (χ0n) is 4.84. The fourth-order valence-corrected chi connectivity index (χ4v) is 0.213. The maximum absolute atomic E-state index is 11.3. The Bertz CT molecular complexity index is 194. The smallest absolute Gasteiger partial charge is 0.389 e. The van der Waals surface area contributed by atoms with Crippen LogP contribution in [0, 0.1) is 0 Å². The summed E-state index contributed by atoms with van der Waals surface area (Å²) in [5, 5.41) is 0. The number of esters is 1. The van der Waals surface area contributed by atoms with Gasteiger partial charge in [0.2, 0.25) is 0 Å². The molecule has 7 heteroatoms. The van der Waals surface area contributed by atoms with Crippen molar-refractivity contribution < 1.29 is 32.3 Å². The summed E-state index contributed by atoms with van der Waals surface area (Å²) in [5.41, 5.74) is 0. The van der Waals surface area contributed by atoms with Crippen LogP contribution in [0.5, 0.6) is 0 Å². The number of ether oxygens (including phenoxy) is 1. The SMILES string of the molecule is O=COC(=O)C(=O)C(F)(F)F. The van der Waals surface area contributed by atoms with Crippen molar-refractivity contribution in [3.05, 3.63) is 0 Å². The molecule has 0 aromatic heterocycles. The number of alkyl halides is 3. The van der Waals surface area contributed by atoms with Crippen LogP contribution in [-0.2, 0) is 19.1 Å². The molecule has 0 aromatic rings. The molecule has 0 N–H and O–H groups in total. The van der Waals surface area contributed by atoms with E-state index in [9.17, 15) is 27.6 Å². The van der Waals surface area contributed by atoms with Gasteiger partial charge in [-0.25, -0.2) is 4.79 Å². The van der Waals surface area contributed by atoms with E-state index in [1.807, 2.05) is 0 Å². The van der Waals surface area contributed by atoms with Gasteiger partial charge in [0.15, 0.2) is 0 Å². The van der Waals surface area contributed by atoms with E-state index in [1.54, 1.807) is 0 Å². The monoisotopic (exact) mass is 170 g/mol. The van der Waals surface area contributed by atoms with E-state index in [4.69, 9.17) is 0 Å². The summed E-state index contributed by atoms with van der Waals surface area (Å²) in [7, 11) is 0. The van der Waals surface area contributed by atoms with Gasteiger partial charge in [0.1, 0.15) is 0 Å². The summed E-state index contributed by atoms with van der Waals surface area (Å²) < 4.78 is 36.9. The van der Waals surface area contributed by atoms with E-state index in [2.05, 4.69) is 4.74 Å². The third-order valence-electron chi connectivity index (χ3n) is 0.598. The van der Waals surface area contributed by atoms with E-state index in [0.29, 0.717) is 0 Å². The first kappa shape index (κ1) is 9.60. The first-order valence-electron chi connectivity index (χ1n) is 2.15. The second-order valence-corrected chi connectivity index (χ2v) is 1.33. The molecule has 62 valence electrons. The molecule has 0 saturated heterocycles. The molecule has 0 unspecified atom stereocenters. The van der Waals surface area contributed by atoms with Crippen LogP contribution >= 0.6 is 0 Å². The lowest BCUT2D eigenvalue weighted by molar-refractivity contribution is -0.183. The predicted octanol–water partition coefficient (Wildman–Crippen LogP) is -0.183. The Hall–Kier alpha value is -1.40. The predicted molar refractivity (Wildman–Crippen MR) is 23.2 cm³/mol. The van der Waals surface area contributed by atoms with Crippen molar-refractivity contribution in [2.24, 2.45) is 0 Å². The van der Waals surface area contributed by atoms with Gasteiger partial charge in [-0.05, 0) is 0 Å². The molecule has 0 fully saturated rings. The lowest BCUT2D eigenvalue weighted by Crippen LogP contribution is -2.32. The molecule has 0 amide bonds. The maximum atomic E-state index is 11.3. The fraction of sp³-hybridized carbons (Fsp3) is 0.250. The van der Waals surface area contributed by atoms with Crippen molar-refractivity contribution in [3.63, 3.8) is 0 Å². The van der Waals surface area contributed by atoms with Crippen LogP contribution in [0.25, 0.3) is 0 Å². The van der Waals surface area contributed by atoms with E-state index >= 15 is 0 Å². The van der Waals surface area contributed by atoms with E-state index in [1.165, 1.54) is 0 Å². The van der Waals surface area contributed by atoms with Gasteiger partial charge in [-0.2, -0.15) is 13.2 Å². The Morgan fingerprint density at radius 2 is 1.73 bits per heavy atom. The molecule has 0 aromatic carbocycles. The van der Waals surface area contributed by atoms with E-state index in [-0.39, 0.29) is 0 Å². The van der Waals surface area contributed by atoms with Gasteiger partial charge in [0, 0.05) is 0 Å². The Kier molecular flexibility index (Phi) is 2.73. The maximum Gasteiger partial charge on any atom is 0.461 e. The molecule has 0 spiro atoms. The number of hydrogen-bond acceptors (Lipinski definition) is 4. The van der Waals surface area contributed by atoms with Crippen LogP contribution < -0.4 is 0 Å². The second-order valence-electron chi connectivity index (χ2n) is 1.33. The van der Waals surface area contributed by atoms with Crippen molar-refractivity contribution in [2.75, 3.05) is 0 Å². The minimum absolute atomic E-state index is 0.550. The Morgan fingerprint density at radius 3 is 2.00 bits per heavy atom. The first-order valence-corrected chi connectivity index (χ1v) is 2.15. The van der Waals surface area contributed by atoms with Crippen LogP contribution in [0.3, 0.4) is 0 Å². The molecule has 0 aliphatic heterocycles. The average molecular weight is 170 g/mol. The zero-order valence-corrected chi connectivity index (χ0v) is 4.84. The quantitative estimate of drug-likeness (QED) is 0.249. The largest absolute Gasteiger partial charge is 0.461 e. The number of halogens is 3. The summed E-state index contributed by atoms with van der Waals surface area (Å²) in [4.78, 5) is 28.9. The van der Waals surface area contributed by atoms with Crippen LogP contribution in [0.1, 0.15) is 0 Å². The number of carbonyl (C=O) groups is 3. The molecule has 0 aliphatic rings. The van der Waals surface area contributed by atoms with Gasteiger partial charge in [-0.1, -0.05) is 0 Å². The Morgan fingerprint density at radius 1 is 1.27 bits per heavy atom. The van der Waals surface area contributed by atoms with Crippen molar-refractivity contribution in [3.8, 4) is 0 Å². The van der Waals surface area contributed by atoms with Crippen molar-refractivity contribution >= 4 is 18.2 Å². The topological polar surface area (TPSA) is 60.4 Å². The molecule has 4 nitrogen and oxygen atoms in total. The third kappa shape index (κ3) is 2.78. The van der Waals surface area contributed by atoms with Crippen molar-refractivity contribution in [1.82, 2.24) is 0 Å². The molecule has 11 heavy (non-hydrogen) atoms. The molecule has 0 saturated carbocycles. The lowest BCUT2D eigenvalue weighted by Gasteiger charge is -1.99. The molecular formula is C4HF3O4. The molecule has 0 bridgehead atoms. The molecule has 0 aliphatic carbocycles. The second kappa shape index (κ2) is 3.13. The van der Waals surface area contributed by atoms with Crippen LogP contribution in [0.2, 0.25) is 0 Å². The molecule has 0 radical (unpaired) electrons. The van der Waals surface area contributed by atoms with Gasteiger partial charge >= 0.3 is 24.4 Å². The van der Waals surface area contributed by atoms with Crippen LogP contribution in [-0.4, -0.2) is 24.4 Å². The van der Waals surface area contributed by atoms with E-state index < -0.39 is 24.4 Å². The van der Waals surface area contributed by atoms with Crippen molar-refractivity contribution in [1.29, 1.82) is 0 Å². The Balaban J connectivity index is 4.26. The number of hydrogen-bond donors (Lipinski definition) is 0. The van der Waals surface area contributed by atoms with Gasteiger partial charge in [-0.15, -0.1) is 0 Å². The number of carbonyl (C=O) groups excluding carboxylic acids is 3. The van der Waals surface area contributed by atoms with Gasteiger partial charge in [0.05, 0.1) is 0 Å². The van der Waals surface area contributed by atoms with Crippen molar-refractivity contribution in [2.45, 2.75) is 6.18 Å². The highest BCUT2D eigenvalue weighted by Crippen LogP contribution is 2.16. The minimum Gasteiger partial charge on any atom is -0.389 e. The summed E-state index contributed by atoms with van der Waals surface area (Å²) in [5.74, 6) is -4.93. The highest BCUT2D eigenvalue weighted by atomic mass is 19.4. The Labute approximate surface area is 57.9 Å². The van der Waals surface area contributed by atoms with E-state index in [0.717, 1.165) is 0 Å². The highest BCUT2D eigenvalue weighted by molar-refractivity contribution is 6.36. The zero-order chi connectivity index (χ0) is 9.07.